The highest BCUT2D eigenvalue weighted by molar-refractivity contribution is 7.88. The van der Waals surface area contributed by atoms with Crippen LogP contribution in [0.2, 0.25) is 0 Å². The van der Waals surface area contributed by atoms with Crippen LogP contribution < -0.4 is 9.46 Å². The van der Waals surface area contributed by atoms with Crippen LogP contribution in [0, 0.1) is 13.8 Å². The minimum Gasteiger partial charge on any atom is -0.496 e. The molecule has 124 valence electrons. The zero-order chi connectivity index (χ0) is 16.9. The van der Waals surface area contributed by atoms with Crippen molar-refractivity contribution < 1.29 is 13.2 Å². The molecule has 0 bridgehead atoms. The first-order chi connectivity index (χ1) is 10.9. The molecule has 0 saturated carbocycles. The normalized spacial score (nSPS) is 11.4. The number of ether oxygens (including phenoxy) is 1. The van der Waals surface area contributed by atoms with Gasteiger partial charge in [-0.1, -0.05) is 48.0 Å². The molecule has 0 amide bonds. The molecular weight excluding hydrogens is 310 g/mol. The summed E-state index contributed by atoms with van der Waals surface area (Å²) in [6.07, 6.45) is 0.597. The molecule has 0 saturated heterocycles. The fourth-order valence-corrected chi connectivity index (χ4v) is 3.85. The fraction of sp³-hybridized carbons (Fsp3) is 0.333. The summed E-state index contributed by atoms with van der Waals surface area (Å²) in [4.78, 5) is 0. The van der Waals surface area contributed by atoms with E-state index in [4.69, 9.17) is 4.74 Å². The van der Waals surface area contributed by atoms with Crippen molar-refractivity contribution in [3.05, 3.63) is 64.7 Å². The summed E-state index contributed by atoms with van der Waals surface area (Å²) in [5, 5.41) is 0. The molecule has 0 atom stereocenters. The highest BCUT2D eigenvalue weighted by atomic mass is 32.2. The minimum atomic E-state index is -3.34. The van der Waals surface area contributed by atoms with E-state index in [1.54, 1.807) is 7.11 Å². The number of sulfonamides is 1. The van der Waals surface area contributed by atoms with Gasteiger partial charge in [0.05, 0.1) is 12.9 Å². The van der Waals surface area contributed by atoms with Crippen molar-refractivity contribution in [3.8, 4) is 5.75 Å². The van der Waals surface area contributed by atoms with E-state index < -0.39 is 10.0 Å². The summed E-state index contributed by atoms with van der Waals surface area (Å²) in [5.41, 5.74) is 4.01. The van der Waals surface area contributed by atoms with Gasteiger partial charge in [0.25, 0.3) is 0 Å². The molecule has 2 aromatic carbocycles. The van der Waals surface area contributed by atoms with Crippen LogP contribution >= 0.6 is 0 Å². The van der Waals surface area contributed by atoms with Crippen LogP contribution in [-0.2, 0) is 22.2 Å². The highest BCUT2D eigenvalue weighted by Crippen LogP contribution is 2.25. The van der Waals surface area contributed by atoms with Crippen LogP contribution in [0.15, 0.2) is 42.5 Å². The van der Waals surface area contributed by atoms with Crippen molar-refractivity contribution in [1.82, 2.24) is 4.72 Å². The summed E-state index contributed by atoms with van der Waals surface area (Å²) >= 11 is 0. The standard InChI is InChI=1S/C18H23NO3S/c1-14-11-15(2)18(22-3)17(12-14)9-10-19-23(20,21)13-16-7-5-4-6-8-16/h4-8,11-12,19H,9-10,13H2,1-3H3. The van der Waals surface area contributed by atoms with Gasteiger partial charge in [-0.3, -0.25) is 0 Å². The van der Waals surface area contributed by atoms with Gasteiger partial charge in [0.2, 0.25) is 10.0 Å². The lowest BCUT2D eigenvalue weighted by atomic mass is 10.0. The second-order valence-corrected chi connectivity index (χ2v) is 7.47. The molecule has 2 aromatic rings. The van der Waals surface area contributed by atoms with Crippen molar-refractivity contribution in [1.29, 1.82) is 0 Å². The number of benzene rings is 2. The van der Waals surface area contributed by atoms with Gasteiger partial charge < -0.3 is 4.74 Å². The Labute approximate surface area is 138 Å². The van der Waals surface area contributed by atoms with Crippen LogP contribution in [0.1, 0.15) is 22.3 Å². The van der Waals surface area contributed by atoms with Crippen LogP contribution in [-0.4, -0.2) is 22.1 Å². The summed E-state index contributed by atoms with van der Waals surface area (Å²) < 4.78 is 32.4. The van der Waals surface area contributed by atoms with Crippen molar-refractivity contribution in [3.63, 3.8) is 0 Å². The smallest absolute Gasteiger partial charge is 0.215 e. The largest absolute Gasteiger partial charge is 0.496 e. The molecule has 1 N–H and O–H groups in total. The van der Waals surface area contributed by atoms with E-state index in [0.717, 1.165) is 28.0 Å². The lowest BCUT2D eigenvalue weighted by Gasteiger charge is -2.13. The predicted octanol–water partition coefficient (Wildman–Crippen LogP) is 2.97. The molecule has 2 rings (SSSR count). The Kier molecular flexibility index (Phi) is 5.80. The van der Waals surface area contributed by atoms with Gasteiger partial charge in [0, 0.05) is 6.54 Å². The Balaban J connectivity index is 1.99. The molecule has 0 spiro atoms. The maximum atomic E-state index is 12.1. The molecule has 0 aromatic heterocycles. The topological polar surface area (TPSA) is 55.4 Å². The van der Waals surface area contributed by atoms with E-state index in [1.165, 1.54) is 0 Å². The third-order valence-electron chi connectivity index (χ3n) is 3.62. The van der Waals surface area contributed by atoms with Crippen LogP contribution in [0.5, 0.6) is 5.75 Å². The molecule has 0 aliphatic rings. The number of methoxy groups -OCH3 is 1. The maximum absolute atomic E-state index is 12.1. The second kappa shape index (κ2) is 7.62. The van der Waals surface area contributed by atoms with Crippen LogP contribution in [0.25, 0.3) is 0 Å². The van der Waals surface area contributed by atoms with Gasteiger partial charge in [-0.25, -0.2) is 13.1 Å². The number of aryl methyl sites for hydroxylation is 2. The molecule has 0 aliphatic heterocycles. The van der Waals surface area contributed by atoms with Crippen molar-refractivity contribution in [2.45, 2.75) is 26.0 Å². The van der Waals surface area contributed by atoms with E-state index >= 15 is 0 Å². The van der Waals surface area contributed by atoms with E-state index in [1.807, 2.05) is 50.2 Å². The van der Waals surface area contributed by atoms with Gasteiger partial charge >= 0.3 is 0 Å². The number of hydrogen-bond donors (Lipinski definition) is 1. The van der Waals surface area contributed by atoms with E-state index in [2.05, 4.69) is 10.8 Å². The minimum absolute atomic E-state index is 0.00216. The van der Waals surface area contributed by atoms with E-state index in [0.29, 0.717) is 13.0 Å². The summed E-state index contributed by atoms with van der Waals surface area (Å²) in [6, 6.07) is 13.3. The number of rotatable bonds is 7. The third kappa shape index (κ3) is 5.08. The third-order valence-corrected chi connectivity index (χ3v) is 4.97. The molecule has 23 heavy (non-hydrogen) atoms. The van der Waals surface area contributed by atoms with E-state index in [-0.39, 0.29) is 5.75 Å². The van der Waals surface area contributed by atoms with Gasteiger partial charge in [0.15, 0.2) is 0 Å². The van der Waals surface area contributed by atoms with E-state index in [9.17, 15) is 8.42 Å². The Morgan fingerprint density at radius 2 is 1.78 bits per heavy atom. The zero-order valence-electron chi connectivity index (χ0n) is 13.8. The molecule has 0 fully saturated rings. The molecular formula is C18H23NO3S. The quantitative estimate of drug-likeness (QED) is 0.847. The average molecular weight is 333 g/mol. The molecule has 0 heterocycles. The zero-order valence-corrected chi connectivity index (χ0v) is 14.6. The Hall–Kier alpha value is -1.85. The monoisotopic (exact) mass is 333 g/mol. The van der Waals surface area contributed by atoms with Crippen molar-refractivity contribution in [2.75, 3.05) is 13.7 Å². The predicted molar refractivity (Wildman–Crippen MR) is 93.2 cm³/mol. The van der Waals surface area contributed by atoms with Gasteiger partial charge in [-0.2, -0.15) is 0 Å². The molecule has 5 heteroatoms. The molecule has 4 nitrogen and oxygen atoms in total. The van der Waals surface area contributed by atoms with Gasteiger partial charge in [0.1, 0.15) is 5.75 Å². The Bertz CT molecular complexity index is 755. The van der Waals surface area contributed by atoms with Crippen LogP contribution in [0.3, 0.4) is 0 Å². The van der Waals surface area contributed by atoms with Gasteiger partial charge in [-0.05, 0) is 37.0 Å². The lowest BCUT2D eigenvalue weighted by Crippen LogP contribution is -2.27. The molecule has 0 aliphatic carbocycles. The summed E-state index contributed by atoms with van der Waals surface area (Å²) in [5.74, 6) is 0.829. The van der Waals surface area contributed by atoms with Crippen molar-refractivity contribution in [2.24, 2.45) is 0 Å². The first-order valence-electron chi connectivity index (χ1n) is 7.56. The highest BCUT2D eigenvalue weighted by Gasteiger charge is 2.12. The molecule has 0 unspecified atom stereocenters. The molecule has 0 radical (unpaired) electrons. The first kappa shape index (κ1) is 17.5. The number of hydrogen-bond acceptors (Lipinski definition) is 3. The summed E-state index contributed by atoms with van der Waals surface area (Å²) in [6.45, 7) is 4.37. The SMILES string of the molecule is COc1c(C)cc(C)cc1CCNS(=O)(=O)Cc1ccccc1. The summed E-state index contributed by atoms with van der Waals surface area (Å²) in [7, 11) is -1.70. The maximum Gasteiger partial charge on any atom is 0.215 e. The Morgan fingerprint density at radius 1 is 1.09 bits per heavy atom. The Morgan fingerprint density at radius 3 is 2.43 bits per heavy atom. The lowest BCUT2D eigenvalue weighted by molar-refractivity contribution is 0.406. The van der Waals surface area contributed by atoms with Gasteiger partial charge in [-0.15, -0.1) is 0 Å². The fourth-order valence-electron chi connectivity index (χ4n) is 2.71. The van der Waals surface area contributed by atoms with Crippen LogP contribution in [0.4, 0.5) is 0 Å². The number of nitrogens with one attached hydrogen (secondary N) is 1. The van der Waals surface area contributed by atoms with Crippen molar-refractivity contribution >= 4 is 10.0 Å². The first-order valence-corrected chi connectivity index (χ1v) is 9.22. The second-order valence-electron chi connectivity index (χ2n) is 5.66. The average Bonchev–Trinajstić information content (AvgIpc) is 2.47.